The van der Waals surface area contributed by atoms with Gasteiger partial charge in [0.2, 0.25) is 0 Å². The molecule has 3 unspecified atom stereocenters. The van der Waals surface area contributed by atoms with Crippen molar-refractivity contribution in [2.75, 3.05) is 0 Å². The Hall–Kier alpha value is -1.41. The number of benzene rings is 1. The summed E-state index contributed by atoms with van der Waals surface area (Å²) in [5.74, 6) is 2.53. The van der Waals surface area contributed by atoms with E-state index in [0.717, 1.165) is 17.8 Å². The number of nitrogens with two attached hydrogens (primary N) is 1. The fraction of sp³-hybridized carbons (Fsp3) is 0.471. The molecule has 2 aliphatic rings. The third kappa shape index (κ3) is 1.78. The predicted molar refractivity (Wildman–Crippen MR) is 77.6 cm³/mol. The number of hydrogen-bond acceptors (Lipinski definition) is 2. The molecule has 4 rings (SSSR count). The third-order valence-corrected chi connectivity index (χ3v) is 5.21. The van der Waals surface area contributed by atoms with Crippen molar-refractivity contribution in [3.8, 4) is 0 Å². The topological polar surface area (TPSA) is 38.9 Å². The van der Waals surface area contributed by atoms with Gasteiger partial charge in [0, 0.05) is 23.8 Å². The van der Waals surface area contributed by atoms with E-state index in [1.54, 1.807) is 0 Å². The van der Waals surface area contributed by atoms with Crippen LogP contribution >= 0.6 is 0 Å². The molecule has 2 N–H and O–H groups in total. The Bertz CT molecular complexity index is 590. The van der Waals surface area contributed by atoms with Gasteiger partial charge in [0.1, 0.15) is 0 Å². The Labute approximate surface area is 114 Å². The second-order valence-electron chi connectivity index (χ2n) is 6.16. The van der Waals surface area contributed by atoms with Gasteiger partial charge in [0.25, 0.3) is 0 Å². The summed E-state index contributed by atoms with van der Waals surface area (Å²) in [4.78, 5) is 4.21. The highest BCUT2D eigenvalue weighted by molar-refractivity contribution is 5.85. The fourth-order valence-electron chi connectivity index (χ4n) is 4.23. The van der Waals surface area contributed by atoms with Gasteiger partial charge in [-0.05, 0) is 47.6 Å². The molecule has 98 valence electrons. The summed E-state index contributed by atoms with van der Waals surface area (Å²) in [6.07, 6.45) is 9.42. The van der Waals surface area contributed by atoms with Gasteiger partial charge in [-0.25, -0.2) is 0 Å². The van der Waals surface area contributed by atoms with Crippen molar-refractivity contribution in [2.45, 2.75) is 31.7 Å². The number of fused-ring (bicyclic) bond motifs is 2. The van der Waals surface area contributed by atoms with Gasteiger partial charge in [-0.15, -0.1) is 0 Å². The molecule has 0 saturated heterocycles. The van der Waals surface area contributed by atoms with E-state index in [2.05, 4.69) is 29.2 Å². The molecule has 2 nitrogen and oxygen atoms in total. The molecule has 1 heterocycles. The van der Waals surface area contributed by atoms with Gasteiger partial charge < -0.3 is 5.73 Å². The Morgan fingerprint density at radius 1 is 1.11 bits per heavy atom. The molecule has 2 aromatic rings. The lowest BCUT2D eigenvalue weighted by atomic mass is 9.96. The van der Waals surface area contributed by atoms with Crippen molar-refractivity contribution in [3.63, 3.8) is 0 Å². The van der Waals surface area contributed by atoms with Gasteiger partial charge in [-0.2, -0.15) is 0 Å². The molecule has 0 amide bonds. The molecule has 0 bridgehead atoms. The molecule has 0 radical (unpaired) electrons. The number of hydrogen-bond donors (Lipinski definition) is 1. The van der Waals surface area contributed by atoms with E-state index in [9.17, 15) is 0 Å². The van der Waals surface area contributed by atoms with Crippen LogP contribution in [-0.4, -0.2) is 4.98 Å². The van der Waals surface area contributed by atoms with Crippen LogP contribution in [-0.2, 0) is 0 Å². The average Bonchev–Trinajstić information content (AvgIpc) is 3.20. The first-order valence-corrected chi connectivity index (χ1v) is 7.44. The van der Waals surface area contributed by atoms with E-state index in [4.69, 9.17) is 5.73 Å². The van der Waals surface area contributed by atoms with Gasteiger partial charge in [0.15, 0.2) is 0 Å². The molecule has 2 heteroatoms. The minimum Gasteiger partial charge on any atom is -0.324 e. The first-order chi connectivity index (χ1) is 9.36. The first-order valence-electron chi connectivity index (χ1n) is 7.44. The van der Waals surface area contributed by atoms with E-state index in [-0.39, 0.29) is 6.04 Å². The molecule has 2 saturated carbocycles. The number of rotatable bonds is 2. The van der Waals surface area contributed by atoms with Gasteiger partial charge >= 0.3 is 0 Å². The molecule has 19 heavy (non-hydrogen) atoms. The maximum atomic E-state index is 6.61. The summed E-state index contributed by atoms with van der Waals surface area (Å²) < 4.78 is 0. The van der Waals surface area contributed by atoms with Crippen LogP contribution in [0.2, 0.25) is 0 Å². The lowest BCUT2D eigenvalue weighted by Crippen LogP contribution is -2.14. The van der Waals surface area contributed by atoms with Crippen molar-refractivity contribution < 1.29 is 0 Å². The zero-order valence-corrected chi connectivity index (χ0v) is 11.1. The molecule has 0 spiro atoms. The highest BCUT2D eigenvalue weighted by Crippen LogP contribution is 2.60. The summed E-state index contributed by atoms with van der Waals surface area (Å²) >= 11 is 0. The normalized spacial score (nSPS) is 30.9. The standard InChI is InChI=1S/C17H20N2/c18-17(16-13-5-1-2-6-14(13)16)15-7-3-4-11-10-19-9-8-12(11)15/h3-4,7-10,13-14,16-17H,1-2,5-6,18H2. The highest BCUT2D eigenvalue weighted by Gasteiger charge is 2.53. The number of aromatic nitrogens is 1. The van der Waals surface area contributed by atoms with E-state index in [1.807, 2.05) is 12.4 Å². The second kappa shape index (κ2) is 4.31. The van der Waals surface area contributed by atoms with Crippen molar-refractivity contribution in [2.24, 2.45) is 23.5 Å². The van der Waals surface area contributed by atoms with Gasteiger partial charge in [0.05, 0.1) is 0 Å². The zero-order chi connectivity index (χ0) is 12.8. The molecule has 1 aromatic carbocycles. The van der Waals surface area contributed by atoms with Gasteiger partial charge in [-0.1, -0.05) is 31.0 Å². The monoisotopic (exact) mass is 252 g/mol. The van der Waals surface area contributed by atoms with Crippen LogP contribution in [0.5, 0.6) is 0 Å². The van der Waals surface area contributed by atoms with Crippen molar-refractivity contribution in [1.82, 2.24) is 4.98 Å². The van der Waals surface area contributed by atoms with Crippen molar-refractivity contribution >= 4 is 10.8 Å². The molecule has 3 atom stereocenters. The Kier molecular flexibility index (Phi) is 2.59. The first kappa shape index (κ1) is 11.4. The lowest BCUT2D eigenvalue weighted by Gasteiger charge is -2.14. The average molecular weight is 252 g/mol. The summed E-state index contributed by atoms with van der Waals surface area (Å²) in [5, 5.41) is 2.49. The second-order valence-corrected chi connectivity index (χ2v) is 6.16. The largest absolute Gasteiger partial charge is 0.324 e. The third-order valence-electron chi connectivity index (χ3n) is 5.21. The Morgan fingerprint density at radius 2 is 1.89 bits per heavy atom. The van der Waals surface area contributed by atoms with Crippen LogP contribution in [0.15, 0.2) is 36.7 Å². The SMILES string of the molecule is NC(c1cccc2cnccc12)C1C2CCCCC21. The minimum absolute atomic E-state index is 0.208. The maximum Gasteiger partial charge on any atom is 0.0346 e. The van der Waals surface area contributed by atoms with Crippen LogP contribution < -0.4 is 5.73 Å². The van der Waals surface area contributed by atoms with Crippen molar-refractivity contribution in [3.05, 3.63) is 42.2 Å². The molecular formula is C17H20N2. The van der Waals surface area contributed by atoms with E-state index in [1.165, 1.54) is 42.0 Å². The van der Waals surface area contributed by atoms with E-state index >= 15 is 0 Å². The summed E-state index contributed by atoms with van der Waals surface area (Å²) in [5.41, 5.74) is 7.92. The molecule has 1 aromatic heterocycles. The smallest absolute Gasteiger partial charge is 0.0346 e. The van der Waals surface area contributed by atoms with Gasteiger partial charge in [-0.3, -0.25) is 4.98 Å². The molecule has 2 aliphatic carbocycles. The van der Waals surface area contributed by atoms with Crippen LogP contribution in [0.25, 0.3) is 10.8 Å². The van der Waals surface area contributed by atoms with E-state index < -0.39 is 0 Å². The van der Waals surface area contributed by atoms with Crippen LogP contribution in [0.1, 0.15) is 37.3 Å². The zero-order valence-electron chi connectivity index (χ0n) is 11.1. The maximum absolute atomic E-state index is 6.61. The minimum atomic E-state index is 0.208. The Balaban J connectivity index is 1.71. The van der Waals surface area contributed by atoms with Crippen LogP contribution in [0.3, 0.4) is 0 Å². The summed E-state index contributed by atoms with van der Waals surface area (Å²) in [6.45, 7) is 0. The molecule has 2 fully saturated rings. The quantitative estimate of drug-likeness (QED) is 0.885. The molecular weight excluding hydrogens is 232 g/mol. The van der Waals surface area contributed by atoms with Crippen molar-refractivity contribution in [1.29, 1.82) is 0 Å². The molecule has 0 aliphatic heterocycles. The fourth-order valence-corrected chi connectivity index (χ4v) is 4.23. The van der Waals surface area contributed by atoms with E-state index in [0.29, 0.717) is 0 Å². The Morgan fingerprint density at radius 3 is 2.68 bits per heavy atom. The van der Waals surface area contributed by atoms with Crippen LogP contribution in [0, 0.1) is 17.8 Å². The highest BCUT2D eigenvalue weighted by atomic mass is 14.7. The predicted octanol–water partition coefficient (Wildman–Crippen LogP) is 3.67. The summed E-state index contributed by atoms with van der Waals surface area (Å²) in [7, 11) is 0. The number of nitrogens with zero attached hydrogens (tertiary/aromatic N) is 1. The summed E-state index contributed by atoms with van der Waals surface area (Å²) in [6, 6.07) is 8.76. The lowest BCUT2D eigenvalue weighted by molar-refractivity contribution is 0.480. The number of pyridine rings is 1. The van der Waals surface area contributed by atoms with Crippen LogP contribution in [0.4, 0.5) is 0 Å².